The van der Waals surface area contributed by atoms with E-state index in [2.05, 4.69) is 28.9 Å². The van der Waals surface area contributed by atoms with Crippen molar-refractivity contribution in [2.75, 3.05) is 14.2 Å². The van der Waals surface area contributed by atoms with Crippen molar-refractivity contribution < 1.29 is 9.47 Å². The molecular weight excluding hydrogens is 340 g/mol. The van der Waals surface area contributed by atoms with E-state index < -0.39 is 0 Å². The molecule has 0 spiro atoms. The van der Waals surface area contributed by atoms with Crippen LogP contribution in [0.5, 0.6) is 11.5 Å². The van der Waals surface area contributed by atoms with Crippen molar-refractivity contribution >= 4 is 27.5 Å². The summed E-state index contributed by atoms with van der Waals surface area (Å²) in [6, 6.07) is 11.7. The topological polar surface area (TPSA) is 18.5 Å². The third-order valence-corrected chi connectivity index (χ3v) is 4.35. The minimum absolute atomic E-state index is 0.0235. The maximum absolute atomic E-state index is 6.01. The second-order valence-corrected chi connectivity index (χ2v) is 5.85. The number of alkyl halides is 1. The van der Waals surface area contributed by atoms with Crippen LogP contribution in [0, 0.1) is 6.92 Å². The highest BCUT2D eigenvalue weighted by Gasteiger charge is 2.19. The first-order chi connectivity index (χ1) is 9.56. The molecule has 1 unspecified atom stereocenters. The molecule has 0 bridgehead atoms. The molecule has 0 radical (unpaired) electrons. The molecule has 0 aliphatic carbocycles. The molecule has 0 fully saturated rings. The predicted octanol–water partition coefficient (Wildman–Crippen LogP) is 5.15. The highest BCUT2D eigenvalue weighted by atomic mass is 79.9. The summed E-state index contributed by atoms with van der Waals surface area (Å²) in [5.74, 6) is 1.59. The highest BCUT2D eigenvalue weighted by molar-refractivity contribution is 9.09. The summed E-state index contributed by atoms with van der Waals surface area (Å²) in [5, 5.41) is 0.654. The summed E-state index contributed by atoms with van der Waals surface area (Å²) in [5.41, 5.74) is 3.26. The average molecular weight is 356 g/mol. The van der Waals surface area contributed by atoms with Gasteiger partial charge in [0.05, 0.1) is 19.0 Å². The highest BCUT2D eigenvalue weighted by Crippen LogP contribution is 2.41. The molecule has 0 saturated heterocycles. The van der Waals surface area contributed by atoms with Gasteiger partial charge >= 0.3 is 0 Å². The van der Waals surface area contributed by atoms with Crippen molar-refractivity contribution in [1.82, 2.24) is 0 Å². The van der Waals surface area contributed by atoms with Crippen LogP contribution in [0.1, 0.15) is 21.5 Å². The molecular formula is C16H16BrClO2. The lowest BCUT2D eigenvalue weighted by atomic mass is 10.0. The zero-order valence-corrected chi connectivity index (χ0v) is 14.0. The van der Waals surface area contributed by atoms with Crippen molar-refractivity contribution in [3.63, 3.8) is 0 Å². The van der Waals surface area contributed by atoms with Crippen molar-refractivity contribution in [3.05, 3.63) is 58.1 Å². The van der Waals surface area contributed by atoms with E-state index in [1.807, 2.05) is 30.3 Å². The average Bonchev–Trinajstić information content (AvgIpc) is 2.46. The van der Waals surface area contributed by atoms with E-state index in [1.165, 1.54) is 5.56 Å². The van der Waals surface area contributed by atoms with E-state index in [0.717, 1.165) is 22.6 Å². The fourth-order valence-corrected chi connectivity index (χ4v) is 3.01. The number of methoxy groups -OCH3 is 2. The van der Waals surface area contributed by atoms with E-state index in [-0.39, 0.29) is 4.83 Å². The Balaban J connectivity index is 2.51. The number of benzene rings is 2. The Morgan fingerprint density at radius 2 is 1.65 bits per heavy atom. The summed E-state index contributed by atoms with van der Waals surface area (Å²) in [6.45, 7) is 2.06. The van der Waals surface area contributed by atoms with E-state index in [1.54, 1.807) is 14.2 Å². The Hall–Kier alpha value is -1.19. The third kappa shape index (κ3) is 3.10. The van der Waals surface area contributed by atoms with E-state index in [0.29, 0.717) is 5.02 Å². The molecule has 2 rings (SSSR count). The predicted molar refractivity (Wildman–Crippen MR) is 86.5 cm³/mol. The van der Waals surface area contributed by atoms with E-state index in [9.17, 15) is 0 Å². The maximum atomic E-state index is 6.01. The van der Waals surface area contributed by atoms with Gasteiger partial charge in [-0.05, 0) is 25.1 Å². The van der Waals surface area contributed by atoms with Crippen molar-refractivity contribution in [2.45, 2.75) is 11.8 Å². The SMILES string of the molecule is COc1cc(Cl)ccc1C(Br)c1cc(C)ccc1OC. The molecule has 0 aromatic heterocycles. The minimum Gasteiger partial charge on any atom is -0.496 e. The second-order valence-electron chi connectivity index (χ2n) is 4.49. The molecule has 0 heterocycles. The summed E-state index contributed by atoms with van der Waals surface area (Å²) < 4.78 is 10.9. The number of aryl methyl sites for hydroxylation is 1. The Kier molecular flexibility index (Phi) is 4.95. The fraction of sp³-hybridized carbons (Fsp3) is 0.250. The molecule has 20 heavy (non-hydrogen) atoms. The fourth-order valence-electron chi connectivity index (χ4n) is 2.11. The number of halogens is 2. The largest absolute Gasteiger partial charge is 0.496 e. The smallest absolute Gasteiger partial charge is 0.125 e. The van der Waals surface area contributed by atoms with Gasteiger partial charge < -0.3 is 9.47 Å². The van der Waals surface area contributed by atoms with Gasteiger partial charge in [-0.2, -0.15) is 0 Å². The number of hydrogen-bond acceptors (Lipinski definition) is 2. The van der Waals surface area contributed by atoms with E-state index >= 15 is 0 Å². The lowest BCUT2D eigenvalue weighted by molar-refractivity contribution is 0.405. The van der Waals surface area contributed by atoms with Crippen LogP contribution < -0.4 is 9.47 Å². The summed E-state index contributed by atoms with van der Waals surface area (Å²) in [7, 11) is 3.31. The zero-order chi connectivity index (χ0) is 14.7. The molecule has 1 atom stereocenters. The second kappa shape index (κ2) is 6.51. The molecule has 0 saturated carbocycles. The lowest BCUT2D eigenvalue weighted by Gasteiger charge is -2.18. The normalized spacial score (nSPS) is 12.1. The van der Waals surface area contributed by atoms with Crippen molar-refractivity contribution in [3.8, 4) is 11.5 Å². The molecule has 0 amide bonds. The number of ether oxygens (including phenoxy) is 2. The first-order valence-corrected chi connectivity index (χ1v) is 7.48. The Morgan fingerprint density at radius 1 is 0.950 bits per heavy atom. The summed E-state index contributed by atoms with van der Waals surface area (Å²) in [6.07, 6.45) is 0. The van der Waals surface area contributed by atoms with Gasteiger partial charge in [-0.15, -0.1) is 0 Å². The standard InChI is InChI=1S/C16H16BrClO2/c1-10-4-7-14(19-2)13(8-10)16(17)12-6-5-11(18)9-15(12)20-3/h4-9,16H,1-3H3. The molecule has 4 heteroatoms. The van der Waals surface area contributed by atoms with E-state index in [4.69, 9.17) is 21.1 Å². The molecule has 106 valence electrons. The molecule has 2 aromatic carbocycles. The van der Waals surface area contributed by atoms with Gasteiger partial charge in [-0.25, -0.2) is 0 Å². The molecule has 2 aromatic rings. The summed E-state index contributed by atoms with van der Waals surface area (Å²) in [4.78, 5) is -0.0235. The van der Waals surface area contributed by atoms with Gasteiger partial charge in [-0.3, -0.25) is 0 Å². The van der Waals surface area contributed by atoms with Crippen LogP contribution in [-0.4, -0.2) is 14.2 Å². The van der Waals surface area contributed by atoms with Gasteiger partial charge in [0.15, 0.2) is 0 Å². The first kappa shape index (κ1) is 15.2. The Labute approximate surface area is 132 Å². The Bertz CT molecular complexity index is 613. The van der Waals surface area contributed by atoms with Gasteiger partial charge in [0, 0.05) is 16.1 Å². The molecule has 2 nitrogen and oxygen atoms in total. The lowest BCUT2D eigenvalue weighted by Crippen LogP contribution is -2.00. The first-order valence-electron chi connectivity index (χ1n) is 6.19. The van der Waals surface area contributed by atoms with Crippen LogP contribution in [0.25, 0.3) is 0 Å². The maximum Gasteiger partial charge on any atom is 0.125 e. The summed E-state index contributed by atoms with van der Waals surface area (Å²) >= 11 is 9.74. The van der Waals surface area contributed by atoms with Crippen LogP contribution in [-0.2, 0) is 0 Å². The quantitative estimate of drug-likeness (QED) is 0.706. The number of hydrogen-bond donors (Lipinski definition) is 0. The van der Waals surface area contributed by atoms with Crippen molar-refractivity contribution in [1.29, 1.82) is 0 Å². The van der Waals surface area contributed by atoms with Gasteiger partial charge in [0.25, 0.3) is 0 Å². The van der Waals surface area contributed by atoms with Gasteiger partial charge in [-0.1, -0.05) is 51.3 Å². The zero-order valence-electron chi connectivity index (χ0n) is 11.6. The van der Waals surface area contributed by atoms with Crippen LogP contribution in [0.2, 0.25) is 5.02 Å². The third-order valence-electron chi connectivity index (χ3n) is 3.13. The van der Waals surface area contributed by atoms with Crippen LogP contribution >= 0.6 is 27.5 Å². The van der Waals surface area contributed by atoms with Crippen LogP contribution in [0.3, 0.4) is 0 Å². The van der Waals surface area contributed by atoms with Gasteiger partial charge in [0.2, 0.25) is 0 Å². The minimum atomic E-state index is -0.0235. The number of rotatable bonds is 4. The Morgan fingerprint density at radius 3 is 2.30 bits per heavy atom. The van der Waals surface area contributed by atoms with Crippen LogP contribution in [0.4, 0.5) is 0 Å². The molecule has 0 aliphatic heterocycles. The van der Waals surface area contributed by atoms with Gasteiger partial charge in [0.1, 0.15) is 11.5 Å². The van der Waals surface area contributed by atoms with Crippen molar-refractivity contribution in [2.24, 2.45) is 0 Å². The molecule has 0 N–H and O–H groups in total. The van der Waals surface area contributed by atoms with Crippen LogP contribution in [0.15, 0.2) is 36.4 Å². The monoisotopic (exact) mass is 354 g/mol. The molecule has 0 aliphatic rings.